The van der Waals surface area contributed by atoms with Crippen LogP contribution in [0.15, 0.2) is 30.3 Å². The number of carbonyl (C=O) groups is 2. The minimum Gasteiger partial charge on any atom is -0.335 e. The third-order valence-electron chi connectivity index (χ3n) is 3.11. The highest BCUT2D eigenvalue weighted by atomic mass is 16.2. The van der Waals surface area contributed by atoms with Gasteiger partial charge in [0.05, 0.1) is 6.54 Å². The zero-order valence-corrected chi connectivity index (χ0v) is 12.3. The number of nitrogens with one attached hydrogen (secondary N) is 3. The first kappa shape index (κ1) is 16.2. The summed E-state index contributed by atoms with van der Waals surface area (Å²) in [6.45, 7) is 5.93. The number of imide groups is 1. The van der Waals surface area contributed by atoms with Crippen molar-refractivity contribution in [3.05, 3.63) is 35.9 Å². The third-order valence-corrected chi connectivity index (χ3v) is 3.11. The minimum absolute atomic E-state index is 0.0546. The maximum atomic E-state index is 11.6. The van der Waals surface area contributed by atoms with Crippen molar-refractivity contribution in [2.45, 2.75) is 39.3 Å². The molecule has 0 bridgehead atoms. The predicted octanol–water partition coefficient (Wildman–Crippen LogP) is 1.96. The van der Waals surface area contributed by atoms with Crippen LogP contribution in [0.1, 0.15) is 38.8 Å². The molecule has 1 aromatic carbocycles. The summed E-state index contributed by atoms with van der Waals surface area (Å²) in [7, 11) is 0. The van der Waals surface area contributed by atoms with E-state index in [1.807, 2.05) is 51.1 Å². The van der Waals surface area contributed by atoms with Crippen LogP contribution in [-0.4, -0.2) is 24.5 Å². The zero-order valence-electron chi connectivity index (χ0n) is 12.3. The van der Waals surface area contributed by atoms with Gasteiger partial charge in [0.1, 0.15) is 0 Å². The summed E-state index contributed by atoms with van der Waals surface area (Å²) in [6.07, 6.45) is 0.824. The van der Waals surface area contributed by atoms with E-state index in [2.05, 4.69) is 16.0 Å². The van der Waals surface area contributed by atoms with Gasteiger partial charge in [-0.05, 0) is 25.8 Å². The van der Waals surface area contributed by atoms with Crippen LogP contribution in [0, 0.1) is 0 Å². The van der Waals surface area contributed by atoms with Crippen LogP contribution >= 0.6 is 0 Å². The number of hydrogen-bond acceptors (Lipinski definition) is 3. The number of rotatable bonds is 6. The van der Waals surface area contributed by atoms with E-state index < -0.39 is 6.03 Å². The van der Waals surface area contributed by atoms with Crippen molar-refractivity contribution in [1.82, 2.24) is 16.0 Å². The predicted molar refractivity (Wildman–Crippen MR) is 79.3 cm³/mol. The van der Waals surface area contributed by atoms with Gasteiger partial charge in [0.25, 0.3) is 0 Å². The lowest BCUT2D eigenvalue weighted by molar-refractivity contribution is -0.119. The molecule has 0 aliphatic heterocycles. The smallest absolute Gasteiger partial charge is 0.321 e. The van der Waals surface area contributed by atoms with Crippen molar-refractivity contribution in [2.24, 2.45) is 0 Å². The Hall–Kier alpha value is -1.88. The van der Waals surface area contributed by atoms with E-state index in [9.17, 15) is 9.59 Å². The second-order valence-corrected chi connectivity index (χ2v) is 4.84. The Labute approximate surface area is 120 Å². The molecule has 3 amide bonds. The fourth-order valence-electron chi connectivity index (χ4n) is 1.64. The number of hydrogen-bond donors (Lipinski definition) is 3. The van der Waals surface area contributed by atoms with Crippen molar-refractivity contribution in [3.8, 4) is 0 Å². The van der Waals surface area contributed by atoms with E-state index in [1.54, 1.807) is 0 Å². The fourth-order valence-corrected chi connectivity index (χ4v) is 1.64. The van der Waals surface area contributed by atoms with Gasteiger partial charge in [0, 0.05) is 12.1 Å². The molecule has 0 heterocycles. The molecule has 110 valence electrons. The SMILES string of the molecule is CC[C@@H](C)NC(=O)NC(=O)CN[C@H](C)c1ccccc1. The normalized spacial score (nSPS) is 13.3. The van der Waals surface area contributed by atoms with Gasteiger partial charge in [-0.15, -0.1) is 0 Å². The van der Waals surface area contributed by atoms with E-state index in [0.29, 0.717) is 0 Å². The Morgan fingerprint density at radius 1 is 1.15 bits per heavy atom. The quantitative estimate of drug-likeness (QED) is 0.744. The summed E-state index contributed by atoms with van der Waals surface area (Å²) in [6, 6.07) is 9.50. The largest absolute Gasteiger partial charge is 0.335 e. The molecule has 1 aromatic rings. The van der Waals surface area contributed by atoms with Gasteiger partial charge < -0.3 is 10.6 Å². The topological polar surface area (TPSA) is 70.2 Å². The molecule has 1 rings (SSSR count). The monoisotopic (exact) mass is 277 g/mol. The van der Waals surface area contributed by atoms with Crippen molar-refractivity contribution >= 4 is 11.9 Å². The number of benzene rings is 1. The van der Waals surface area contributed by atoms with Crippen LogP contribution in [0.25, 0.3) is 0 Å². The Balaban J connectivity index is 2.31. The molecule has 0 spiro atoms. The molecule has 0 radical (unpaired) electrons. The van der Waals surface area contributed by atoms with Crippen LogP contribution in [0.5, 0.6) is 0 Å². The van der Waals surface area contributed by atoms with Gasteiger partial charge in [0.15, 0.2) is 0 Å². The summed E-state index contributed by atoms with van der Waals surface area (Å²) in [5.41, 5.74) is 1.10. The summed E-state index contributed by atoms with van der Waals surface area (Å²) in [5, 5.41) is 8.06. The number of amides is 3. The maximum absolute atomic E-state index is 11.6. The van der Waals surface area contributed by atoms with Crippen molar-refractivity contribution in [1.29, 1.82) is 0 Å². The lowest BCUT2D eigenvalue weighted by atomic mass is 10.1. The van der Waals surface area contributed by atoms with Gasteiger partial charge in [-0.3, -0.25) is 10.1 Å². The van der Waals surface area contributed by atoms with Gasteiger partial charge in [0.2, 0.25) is 5.91 Å². The minimum atomic E-state index is -0.446. The molecule has 5 heteroatoms. The Morgan fingerprint density at radius 2 is 1.80 bits per heavy atom. The van der Waals surface area contributed by atoms with E-state index >= 15 is 0 Å². The molecule has 0 fully saturated rings. The van der Waals surface area contributed by atoms with Crippen LogP contribution in [0.2, 0.25) is 0 Å². The Bertz CT molecular complexity index is 434. The van der Waals surface area contributed by atoms with E-state index in [4.69, 9.17) is 0 Å². The first-order valence-electron chi connectivity index (χ1n) is 6.91. The average molecular weight is 277 g/mol. The van der Waals surface area contributed by atoms with Gasteiger partial charge in [-0.2, -0.15) is 0 Å². The Kier molecular flexibility index (Phi) is 6.73. The zero-order chi connectivity index (χ0) is 15.0. The molecule has 3 N–H and O–H groups in total. The molecular formula is C15H23N3O2. The van der Waals surface area contributed by atoms with Gasteiger partial charge in [-0.25, -0.2) is 4.79 Å². The molecule has 0 saturated heterocycles. The number of carbonyl (C=O) groups excluding carboxylic acids is 2. The highest BCUT2D eigenvalue weighted by molar-refractivity contribution is 5.95. The lowest BCUT2D eigenvalue weighted by Crippen LogP contribution is -2.46. The van der Waals surface area contributed by atoms with Crippen molar-refractivity contribution in [3.63, 3.8) is 0 Å². The lowest BCUT2D eigenvalue weighted by Gasteiger charge is -2.15. The highest BCUT2D eigenvalue weighted by Crippen LogP contribution is 2.10. The van der Waals surface area contributed by atoms with E-state index in [0.717, 1.165) is 12.0 Å². The van der Waals surface area contributed by atoms with E-state index in [-0.39, 0.29) is 24.5 Å². The fraction of sp³-hybridized carbons (Fsp3) is 0.467. The second kappa shape index (κ2) is 8.32. The maximum Gasteiger partial charge on any atom is 0.321 e. The van der Waals surface area contributed by atoms with Crippen molar-refractivity contribution in [2.75, 3.05) is 6.54 Å². The first-order valence-corrected chi connectivity index (χ1v) is 6.91. The molecule has 0 saturated carbocycles. The standard InChI is InChI=1S/C15H23N3O2/c1-4-11(2)17-15(20)18-14(19)10-16-12(3)13-8-6-5-7-9-13/h5-9,11-12,16H,4,10H2,1-3H3,(H2,17,18,19,20)/t11-,12-/m1/s1. The molecule has 2 atom stereocenters. The van der Waals surface area contributed by atoms with Crippen LogP contribution in [-0.2, 0) is 4.79 Å². The summed E-state index contributed by atoms with van der Waals surface area (Å²) < 4.78 is 0. The first-order chi connectivity index (χ1) is 9.52. The summed E-state index contributed by atoms with van der Waals surface area (Å²) in [4.78, 5) is 23.1. The van der Waals surface area contributed by atoms with Gasteiger partial charge in [-0.1, -0.05) is 37.3 Å². The molecule has 20 heavy (non-hydrogen) atoms. The van der Waals surface area contributed by atoms with E-state index in [1.165, 1.54) is 0 Å². The number of urea groups is 1. The van der Waals surface area contributed by atoms with Crippen LogP contribution < -0.4 is 16.0 Å². The molecule has 0 unspecified atom stereocenters. The molecule has 0 aliphatic carbocycles. The third kappa shape index (κ3) is 5.84. The second-order valence-electron chi connectivity index (χ2n) is 4.84. The molecule has 0 aliphatic rings. The van der Waals surface area contributed by atoms with Crippen molar-refractivity contribution < 1.29 is 9.59 Å². The molecular weight excluding hydrogens is 254 g/mol. The molecule has 0 aromatic heterocycles. The molecule has 5 nitrogen and oxygen atoms in total. The summed E-state index contributed by atoms with van der Waals surface area (Å²) >= 11 is 0. The highest BCUT2D eigenvalue weighted by Gasteiger charge is 2.11. The summed E-state index contributed by atoms with van der Waals surface area (Å²) in [5.74, 6) is -0.339. The van der Waals surface area contributed by atoms with Crippen LogP contribution in [0.3, 0.4) is 0 Å². The van der Waals surface area contributed by atoms with Gasteiger partial charge >= 0.3 is 6.03 Å². The Morgan fingerprint density at radius 3 is 2.40 bits per heavy atom. The van der Waals surface area contributed by atoms with Crippen LogP contribution in [0.4, 0.5) is 4.79 Å². The average Bonchev–Trinajstić information content (AvgIpc) is 2.45.